The van der Waals surface area contributed by atoms with Crippen molar-refractivity contribution in [1.29, 1.82) is 0 Å². The van der Waals surface area contributed by atoms with E-state index in [1.54, 1.807) is 0 Å². The molecule has 0 amide bonds. The highest BCUT2D eigenvalue weighted by molar-refractivity contribution is 14.1. The van der Waals surface area contributed by atoms with Crippen LogP contribution in [0.5, 0.6) is 0 Å². The van der Waals surface area contributed by atoms with Gasteiger partial charge >= 0.3 is 0 Å². The molecule has 1 aromatic carbocycles. The molecule has 2 atom stereocenters. The summed E-state index contributed by atoms with van der Waals surface area (Å²) in [5, 5.41) is 0. The third-order valence-corrected chi connectivity index (χ3v) is 15.4. The number of rotatable bonds is 3. The quantitative estimate of drug-likeness (QED) is 0.201. The summed E-state index contributed by atoms with van der Waals surface area (Å²) in [6.07, 6.45) is 13.0. The smallest absolute Gasteiger partial charge is 0.125 e. The second-order valence-corrected chi connectivity index (χ2v) is 17.5. The molecule has 0 aliphatic heterocycles. The number of hydrogen-bond donors (Lipinski definition) is 0. The van der Waals surface area contributed by atoms with Gasteiger partial charge in [-0.1, -0.05) is 90.0 Å². The highest BCUT2D eigenvalue weighted by Crippen LogP contribution is 2.71. The zero-order valence-electron chi connectivity index (χ0n) is 20.4. The first kappa shape index (κ1) is 23.7. The highest BCUT2D eigenvalue weighted by Gasteiger charge is 2.64. The van der Waals surface area contributed by atoms with Gasteiger partial charge in [0.25, 0.3) is 0 Å². The van der Waals surface area contributed by atoms with E-state index in [4.69, 9.17) is 0 Å². The number of hydrogen-bond acceptors (Lipinski definition) is 0. The Morgan fingerprint density at radius 2 is 1.25 bits per heavy atom. The maximum atomic E-state index is 4.01. The Labute approximate surface area is 210 Å². The monoisotopic (exact) mass is 550 g/mol. The minimum Gasteiger partial charge on any atom is -0.125 e. The second-order valence-electron chi connectivity index (χ2n) is 10.7. The van der Waals surface area contributed by atoms with Crippen LogP contribution in [0.2, 0.25) is 16.6 Å². The molecule has 0 saturated heterocycles. The zero-order valence-corrected chi connectivity index (χ0v) is 23.5. The average Bonchev–Trinajstić information content (AvgIpc) is 3.09. The van der Waals surface area contributed by atoms with Crippen molar-refractivity contribution in [1.82, 2.24) is 0 Å². The van der Waals surface area contributed by atoms with Gasteiger partial charge in [0, 0.05) is 31.1 Å². The van der Waals surface area contributed by atoms with E-state index < -0.39 is 8.07 Å². The van der Waals surface area contributed by atoms with Gasteiger partial charge in [-0.05, 0) is 76.3 Å². The van der Waals surface area contributed by atoms with Crippen LogP contribution in [0.4, 0.5) is 0 Å². The minimum absolute atomic E-state index is 0.0691. The van der Waals surface area contributed by atoms with Gasteiger partial charge in [0.15, 0.2) is 0 Å². The molecule has 0 nitrogen and oxygen atoms in total. The summed E-state index contributed by atoms with van der Waals surface area (Å²) in [6.45, 7) is 14.4. The highest BCUT2D eigenvalue weighted by atomic mass is 127. The average molecular weight is 551 g/mol. The molecule has 32 heavy (non-hydrogen) atoms. The van der Waals surface area contributed by atoms with Gasteiger partial charge in [0.1, 0.15) is 8.07 Å². The van der Waals surface area contributed by atoms with Crippen LogP contribution >= 0.6 is 22.6 Å². The molecule has 2 unspecified atom stereocenters. The van der Waals surface area contributed by atoms with Gasteiger partial charge < -0.3 is 0 Å². The lowest BCUT2D eigenvalue weighted by atomic mass is 9.47. The van der Waals surface area contributed by atoms with E-state index in [1.165, 1.54) is 34.0 Å². The molecule has 1 saturated carbocycles. The molecule has 166 valence electrons. The molecule has 3 aliphatic carbocycles. The first-order chi connectivity index (χ1) is 15.2. The Morgan fingerprint density at radius 3 is 1.75 bits per heavy atom. The Hall–Kier alpha value is -1.49. The number of benzene rings is 1. The molecule has 4 rings (SSSR count). The van der Waals surface area contributed by atoms with Crippen LogP contribution in [0.25, 0.3) is 0 Å². The summed E-state index contributed by atoms with van der Waals surface area (Å²) in [7, 11) is -1.79. The number of allylic oxidation sites excluding steroid dienone is 6. The fraction of sp³-hybridized carbons (Fsp3) is 0.467. The molecule has 1 aromatic rings. The molecule has 0 N–H and O–H groups in total. The van der Waals surface area contributed by atoms with Gasteiger partial charge in [-0.25, -0.2) is 0 Å². The first-order valence-electron chi connectivity index (χ1n) is 12.1. The van der Waals surface area contributed by atoms with Crippen molar-refractivity contribution in [3.8, 4) is 23.3 Å². The van der Waals surface area contributed by atoms with Crippen LogP contribution in [-0.4, -0.2) is 8.07 Å². The summed E-state index contributed by atoms with van der Waals surface area (Å²) in [5.41, 5.74) is 9.79. The van der Waals surface area contributed by atoms with E-state index in [2.05, 4.69) is 136 Å². The van der Waals surface area contributed by atoms with Crippen molar-refractivity contribution in [3.63, 3.8) is 0 Å². The standard InChI is InChI=1S/C30H35ISi/c1-22(2)32(23(3)4,24(5)6)21-16-28-27(15-12-25-10-13-26(31)14-11-25)29-17-7-8-18-30(28,29)20-9-19-29/h7-8,10-11,13-14,17-18,22-24H,9,19-20H2,1-6H3. The van der Waals surface area contributed by atoms with E-state index in [0.29, 0.717) is 16.6 Å². The lowest BCUT2D eigenvalue weighted by Gasteiger charge is -2.54. The van der Waals surface area contributed by atoms with Crippen LogP contribution in [-0.2, 0) is 0 Å². The van der Waals surface area contributed by atoms with Crippen LogP contribution in [0.1, 0.15) is 66.4 Å². The van der Waals surface area contributed by atoms with E-state index in [1.807, 2.05) is 0 Å². The SMILES string of the molecule is CC(C)[Si](C#CC1=C(C#Cc2ccc(I)cc2)C23C=CC=CC12CCC3)(C(C)C)C(C)C. The second kappa shape index (κ2) is 8.70. The Bertz CT molecular complexity index is 1090. The predicted octanol–water partition coefficient (Wildman–Crippen LogP) is 8.46. The maximum absolute atomic E-state index is 4.01. The third kappa shape index (κ3) is 3.41. The molecule has 3 aliphatic rings. The van der Waals surface area contributed by atoms with Crippen LogP contribution in [0.3, 0.4) is 0 Å². The molecule has 0 heterocycles. The zero-order chi connectivity index (χ0) is 23.1. The van der Waals surface area contributed by atoms with E-state index in [9.17, 15) is 0 Å². The van der Waals surface area contributed by atoms with Gasteiger partial charge in [0.2, 0.25) is 0 Å². The fourth-order valence-corrected chi connectivity index (χ4v) is 12.4. The summed E-state index contributed by atoms with van der Waals surface area (Å²) in [4.78, 5) is 0. The van der Waals surface area contributed by atoms with Crippen LogP contribution in [0, 0.1) is 37.7 Å². The van der Waals surface area contributed by atoms with Gasteiger partial charge in [-0.2, -0.15) is 0 Å². The molecule has 0 aromatic heterocycles. The Morgan fingerprint density at radius 1 is 0.750 bits per heavy atom. The van der Waals surface area contributed by atoms with E-state index in [0.717, 1.165) is 5.56 Å². The molecule has 0 spiro atoms. The lowest BCUT2D eigenvalue weighted by molar-refractivity contribution is 0.232. The topological polar surface area (TPSA) is 0 Å². The van der Waals surface area contributed by atoms with Crippen molar-refractivity contribution < 1.29 is 0 Å². The van der Waals surface area contributed by atoms with E-state index >= 15 is 0 Å². The minimum atomic E-state index is -1.79. The van der Waals surface area contributed by atoms with E-state index in [-0.39, 0.29) is 10.8 Å². The van der Waals surface area contributed by atoms with Crippen molar-refractivity contribution in [2.75, 3.05) is 0 Å². The Kier molecular flexibility index (Phi) is 6.43. The molecule has 2 heteroatoms. The number of halogens is 1. The molecule has 0 bridgehead atoms. The summed E-state index contributed by atoms with van der Waals surface area (Å²) in [5.74, 6) is 11.0. The lowest BCUT2D eigenvalue weighted by Crippen LogP contribution is -2.49. The largest absolute Gasteiger partial charge is 0.146 e. The van der Waals surface area contributed by atoms with Gasteiger partial charge in [-0.3, -0.25) is 0 Å². The van der Waals surface area contributed by atoms with Crippen LogP contribution < -0.4 is 0 Å². The van der Waals surface area contributed by atoms with Crippen molar-refractivity contribution >= 4 is 30.7 Å². The van der Waals surface area contributed by atoms with Crippen molar-refractivity contribution in [3.05, 3.63) is 68.8 Å². The summed E-state index contributed by atoms with van der Waals surface area (Å²) in [6, 6.07) is 8.53. The van der Waals surface area contributed by atoms with Crippen LogP contribution in [0.15, 0.2) is 59.7 Å². The fourth-order valence-electron chi connectivity index (χ4n) is 6.86. The summed E-state index contributed by atoms with van der Waals surface area (Å²) < 4.78 is 1.24. The third-order valence-electron chi connectivity index (χ3n) is 8.40. The van der Waals surface area contributed by atoms with Gasteiger partial charge in [0.05, 0.1) is 0 Å². The first-order valence-corrected chi connectivity index (χ1v) is 15.4. The maximum Gasteiger partial charge on any atom is 0.146 e. The summed E-state index contributed by atoms with van der Waals surface area (Å²) >= 11 is 2.35. The molecular weight excluding hydrogens is 515 g/mol. The molecular formula is C30H35ISi. The normalized spacial score (nSPS) is 25.8. The van der Waals surface area contributed by atoms with Crippen molar-refractivity contribution in [2.45, 2.75) is 77.4 Å². The molecule has 1 fully saturated rings. The van der Waals surface area contributed by atoms with Gasteiger partial charge in [-0.15, -0.1) is 5.54 Å². The molecule has 0 radical (unpaired) electrons. The predicted molar refractivity (Wildman–Crippen MR) is 149 cm³/mol. The van der Waals surface area contributed by atoms with Crippen molar-refractivity contribution in [2.24, 2.45) is 10.8 Å². The Balaban J connectivity index is 1.88.